The normalized spacial score (nSPS) is 12.6. The maximum Gasteiger partial charge on any atom is 0.129 e. The standard InChI is InChI=1S/C14H17F2N3/c1-3-17-14(11-8-18-19(2)9-11)6-10-4-5-12(15)7-13(10)16/h4-5,7-9,14,17H,3,6H2,1-2H3. The Kier molecular flexibility index (Phi) is 4.27. The number of halogens is 2. The van der Waals surface area contributed by atoms with Crippen molar-refractivity contribution in [2.75, 3.05) is 6.54 Å². The molecule has 0 fully saturated rings. The Labute approximate surface area is 111 Å². The fourth-order valence-corrected chi connectivity index (χ4v) is 2.08. The van der Waals surface area contributed by atoms with E-state index in [1.807, 2.05) is 20.2 Å². The Morgan fingerprint density at radius 2 is 2.16 bits per heavy atom. The number of hydrogen-bond donors (Lipinski definition) is 1. The van der Waals surface area contributed by atoms with Crippen LogP contribution in [-0.2, 0) is 13.5 Å². The summed E-state index contributed by atoms with van der Waals surface area (Å²) >= 11 is 0. The Bertz CT molecular complexity index is 551. The quantitative estimate of drug-likeness (QED) is 0.900. The van der Waals surface area contributed by atoms with E-state index in [1.165, 1.54) is 12.1 Å². The highest BCUT2D eigenvalue weighted by Gasteiger charge is 2.15. The van der Waals surface area contributed by atoms with Gasteiger partial charge in [0.05, 0.1) is 6.20 Å². The Hall–Kier alpha value is -1.75. The molecule has 0 aliphatic rings. The summed E-state index contributed by atoms with van der Waals surface area (Å²) in [6, 6.07) is 3.66. The maximum atomic E-state index is 13.7. The molecule has 1 aromatic heterocycles. The maximum absolute atomic E-state index is 13.7. The summed E-state index contributed by atoms with van der Waals surface area (Å²) in [6.07, 6.45) is 4.12. The SMILES string of the molecule is CCNC(Cc1ccc(F)cc1F)c1cnn(C)c1. The highest BCUT2D eigenvalue weighted by molar-refractivity contribution is 5.22. The molecule has 2 aromatic rings. The summed E-state index contributed by atoms with van der Waals surface area (Å²) in [4.78, 5) is 0. The van der Waals surface area contributed by atoms with Gasteiger partial charge in [0, 0.05) is 30.9 Å². The molecule has 19 heavy (non-hydrogen) atoms. The Morgan fingerprint density at radius 1 is 1.37 bits per heavy atom. The molecule has 0 amide bonds. The van der Waals surface area contributed by atoms with Gasteiger partial charge >= 0.3 is 0 Å². The zero-order valence-electron chi connectivity index (χ0n) is 11.0. The summed E-state index contributed by atoms with van der Waals surface area (Å²) in [7, 11) is 1.84. The molecule has 0 spiro atoms. The zero-order valence-corrected chi connectivity index (χ0v) is 11.0. The molecule has 1 heterocycles. The number of nitrogens with one attached hydrogen (secondary N) is 1. The first-order valence-electron chi connectivity index (χ1n) is 6.26. The lowest BCUT2D eigenvalue weighted by atomic mass is 10.0. The molecule has 0 aliphatic heterocycles. The molecule has 1 aromatic carbocycles. The van der Waals surface area contributed by atoms with Gasteiger partial charge in [-0.25, -0.2) is 8.78 Å². The predicted octanol–water partition coefficient (Wildman–Crippen LogP) is 2.59. The molecule has 1 unspecified atom stereocenters. The summed E-state index contributed by atoms with van der Waals surface area (Å²) < 4.78 is 28.3. The predicted molar refractivity (Wildman–Crippen MR) is 69.7 cm³/mol. The lowest BCUT2D eigenvalue weighted by Crippen LogP contribution is -2.23. The van der Waals surface area contributed by atoms with Gasteiger partial charge in [-0.05, 0) is 24.6 Å². The molecule has 0 aliphatic carbocycles. The van der Waals surface area contributed by atoms with Gasteiger partial charge in [-0.3, -0.25) is 4.68 Å². The molecule has 1 N–H and O–H groups in total. The number of nitrogens with zero attached hydrogens (tertiary/aromatic N) is 2. The summed E-state index contributed by atoms with van der Waals surface area (Å²) in [6.45, 7) is 2.76. The topological polar surface area (TPSA) is 29.9 Å². The molecule has 0 bridgehead atoms. The lowest BCUT2D eigenvalue weighted by Gasteiger charge is -2.16. The van der Waals surface area contributed by atoms with Crippen molar-refractivity contribution >= 4 is 0 Å². The smallest absolute Gasteiger partial charge is 0.129 e. The van der Waals surface area contributed by atoms with Crippen LogP contribution in [0.25, 0.3) is 0 Å². The average molecular weight is 265 g/mol. The van der Waals surface area contributed by atoms with Crippen LogP contribution in [0, 0.1) is 11.6 Å². The van der Waals surface area contributed by atoms with Crippen molar-refractivity contribution in [1.82, 2.24) is 15.1 Å². The molecule has 2 rings (SSSR count). The molecule has 0 saturated carbocycles. The van der Waals surface area contributed by atoms with Crippen molar-refractivity contribution in [2.45, 2.75) is 19.4 Å². The van der Waals surface area contributed by atoms with Crippen LogP contribution in [0.3, 0.4) is 0 Å². The molecule has 0 radical (unpaired) electrons. The van der Waals surface area contributed by atoms with Crippen LogP contribution in [0.1, 0.15) is 24.1 Å². The van der Waals surface area contributed by atoms with E-state index in [1.54, 1.807) is 10.9 Å². The molecule has 0 saturated heterocycles. The highest BCUT2D eigenvalue weighted by Crippen LogP contribution is 2.20. The van der Waals surface area contributed by atoms with Gasteiger partial charge in [0.2, 0.25) is 0 Å². The average Bonchev–Trinajstić information content (AvgIpc) is 2.78. The van der Waals surface area contributed by atoms with E-state index >= 15 is 0 Å². The fourth-order valence-electron chi connectivity index (χ4n) is 2.08. The first-order chi connectivity index (χ1) is 9.10. The van der Waals surface area contributed by atoms with Crippen molar-refractivity contribution in [3.63, 3.8) is 0 Å². The minimum absolute atomic E-state index is 0.0290. The molecule has 5 heteroatoms. The molecular formula is C14H17F2N3. The third-order valence-corrected chi connectivity index (χ3v) is 3.02. The van der Waals surface area contributed by atoms with E-state index in [0.29, 0.717) is 12.0 Å². The van der Waals surface area contributed by atoms with Crippen LogP contribution in [0.15, 0.2) is 30.6 Å². The molecular weight excluding hydrogens is 248 g/mol. The van der Waals surface area contributed by atoms with Gasteiger partial charge in [0.25, 0.3) is 0 Å². The van der Waals surface area contributed by atoms with Crippen LogP contribution in [0.2, 0.25) is 0 Å². The second kappa shape index (κ2) is 5.93. The van der Waals surface area contributed by atoms with Gasteiger partial charge < -0.3 is 5.32 Å². The zero-order chi connectivity index (χ0) is 13.8. The summed E-state index contributed by atoms with van der Waals surface area (Å²) in [5.41, 5.74) is 1.49. The van der Waals surface area contributed by atoms with E-state index in [9.17, 15) is 8.78 Å². The Balaban J connectivity index is 2.21. The minimum Gasteiger partial charge on any atom is -0.310 e. The lowest BCUT2D eigenvalue weighted by molar-refractivity contribution is 0.520. The van der Waals surface area contributed by atoms with Crippen molar-refractivity contribution in [3.05, 3.63) is 53.4 Å². The Morgan fingerprint density at radius 3 is 2.74 bits per heavy atom. The van der Waals surface area contributed by atoms with Crippen molar-refractivity contribution in [3.8, 4) is 0 Å². The third kappa shape index (κ3) is 3.38. The number of rotatable bonds is 5. The van der Waals surface area contributed by atoms with Gasteiger partial charge in [0.1, 0.15) is 11.6 Å². The largest absolute Gasteiger partial charge is 0.310 e. The van der Waals surface area contributed by atoms with Crippen molar-refractivity contribution < 1.29 is 8.78 Å². The molecule has 102 valence electrons. The van der Waals surface area contributed by atoms with Gasteiger partial charge in [-0.2, -0.15) is 5.10 Å². The van der Waals surface area contributed by atoms with E-state index in [0.717, 1.165) is 18.2 Å². The van der Waals surface area contributed by atoms with Crippen LogP contribution in [-0.4, -0.2) is 16.3 Å². The second-order valence-corrected chi connectivity index (χ2v) is 4.50. The molecule has 3 nitrogen and oxygen atoms in total. The second-order valence-electron chi connectivity index (χ2n) is 4.50. The fraction of sp³-hybridized carbons (Fsp3) is 0.357. The number of benzene rings is 1. The van der Waals surface area contributed by atoms with Crippen LogP contribution in [0.4, 0.5) is 8.78 Å². The third-order valence-electron chi connectivity index (χ3n) is 3.02. The van der Waals surface area contributed by atoms with Crippen molar-refractivity contribution in [2.24, 2.45) is 7.05 Å². The number of hydrogen-bond acceptors (Lipinski definition) is 2. The van der Waals surface area contributed by atoms with Gasteiger partial charge in [-0.1, -0.05) is 13.0 Å². The first kappa shape index (κ1) is 13.7. The van der Waals surface area contributed by atoms with Crippen LogP contribution < -0.4 is 5.32 Å². The van der Waals surface area contributed by atoms with E-state index in [-0.39, 0.29) is 6.04 Å². The number of aryl methyl sites for hydroxylation is 1. The van der Waals surface area contributed by atoms with E-state index in [2.05, 4.69) is 10.4 Å². The van der Waals surface area contributed by atoms with Crippen molar-refractivity contribution in [1.29, 1.82) is 0 Å². The number of likely N-dealkylation sites (N-methyl/N-ethyl adjacent to an activating group) is 1. The monoisotopic (exact) mass is 265 g/mol. The molecule has 1 atom stereocenters. The van der Waals surface area contributed by atoms with E-state index in [4.69, 9.17) is 0 Å². The van der Waals surface area contributed by atoms with Crippen LogP contribution in [0.5, 0.6) is 0 Å². The summed E-state index contributed by atoms with van der Waals surface area (Å²) in [5.74, 6) is -1.06. The van der Waals surface area contributed by atoms with Gasteiger partial charge in [0.15, 0.2) is 0 Å². The number of aromatic nitrogens is 2. The van der Waals surface area contributed by atoms with E-state index < -0.39 is 11.6 Å². The van der Waals surface area contributed by atoms with Gasteiger partial charge in [-0.15, -0.1) is 0 Å². The summed E-state index contributed by atoms with van der Waals surface area (Å²) in [5, 5.41) is 7.41. The minimum atomic E-state index is -0.553. The first-order valence-corrected chi connectivity index (χ1v) is 6.26. The van der Waals surface area contributed by atoms with Crippen LogP contribution >= 0.6 is 0 Å². The highest BCUT2D eigenvalue weighted by atomic mass is 19.1.